The summed E-state index contributed by atoms with van der Waals surface area (Å²) in [6, 6.07) is 8.61. The third-order valence-corrected chi connectivity index (χ3v) is 5.64. The molecule has 8 heteroatoms. The van der Waals surface area contributed by atoms with Gasteiger partial charge in [-0.25, -0.2) is 13.1 Å². The molecule has 24 heavy (non-hydrogen) atoms. The number of nitrogens with zero attached hydrogens (tertiary/aromatic N) is 1. The van der Waals surface area contributed by atoms with Crippen molar-refractivity contribution in [1.29, 1.82) is 0 Å². The topological polar surface area (TPSA) is 80.3 Å². The van der Waals surface area contributed by atoms with Gasteiger partial charge >= 0.3 is 0 Å². The van der Waals surface area contributed by atoms with Crippen molar-refractivity contribution in [2.45, 2.75) is 23.3 Å². The molecule has 2 N–H and O–H groups in total. The summed E-state index contributed by atoms with van der Waals surface area (Å²) in [6.07, 6.45) is 3.60. The van der Waals surface area contributed by atoms with Crippen LogP contribution < -0.4 is 10.0 Å². The molecule has 1 aromatic carbocycles. The van der Waals surface area contributed by atoms with E-state index in [2.05, 4.69) is 15.0 Å². The van der Waals surface area contributed by atoms with Crippen LogP contribution in [0.3, 0.4) is 0 Å². The number of rotatable bonds is 6. The van der Waals surface area contributed by atoms with Gasteiger partial charge < -0.3 is 10.1 Å². The Hall–Kier alpha value is -1.25. The summed E-state index contributed by atoms with van der Waals surface area (Å²) in [4.78, 5) is 4.46. The lowest BCUT2D eigenvalue weighted by Gasteiger charge is -2.28. The normalized spacial score (nSPS) is 20.9. The first kappa shape index (κ1) is 19.1. The average Bonchev–Trinajstić information content (AvgIpc) is 3.02. The molecular formula is C16H22ClN3O3S. The number of nitrogens with one attached hydrogen (secondary N) is 2. The highest BCUT2D eigenvalue weighted by molar-refractivity contribution is 7.89. The van der Waals surface area contributed by atoms with Crippen molar-refractivity contribution < 1.29 is 13.2 Å². The molecule has 0 aliphatic carbocycles. The molecule has 1 fully saturated rings. The fourth-order valence-electron chi connectivity index (χ4n) is 3.01. The van der Waals surface area contributed by atoms with Crippen LogP contribution in [-0.2, 0) is 14.8 Å². The Morgan fingerprint density at radius 3 is 2.92 bits per heavy atom. The van der Waals surface area contributed by atoms with Gasteiger partial charge in [0.1, 0.15) is 0 Å². The van der Waals surface area contributed by atoms with Crippen LogP contribution in [0, 0.1) is 0 Å². The summed E-state index contributed by atoms with van der Waals surface area (Å²) < 4.78 is 33.1. The van der Waals surface area contributed by atoms with Crippen LogP contribution in [0.1, 0.15) is 12.8 Å². The van der Waals surface area contributed by atoms with Crippen LogP contribution in [0.25, 0.3) is 10.9 Å². The summed E-state index contributed by atoms with van der Waals surface area (Å²) >= 11 is 0. The van der Waals surface area contributed by atoms with E-state index in [1.54, 1.807) is 37.6 Å². The van der Waals surface area contributed by atoms with Crippen molar-refractivity contribution in [3.8, 4) is 0 Å². The predicted molar refractivity (Wildman–Crippen MR) is 96.0 cm³/mol. The van der Waals surface area contributed by atoms with Crippen LogP contribution in [0.4, 0.5) is 0 Å². The number of ether oxygens (including phenoxy) is 1. The summed E-state index contributed by atoms with van der Waals surface area (Å²) in [5.74, 6) is 0. The number of methoxy groups -OCH3 is 1. The van der Waals surface area contributed by atoms with Crippen molar-refractivity contribution in [2.75, 3.05) is 26.8 Å². The number of pyridine rings is 1. The third kappa shape index (κ3) is 4.04. The summed E-state index contributed by atoms with van der Waals surface area (Å²) in [5.41, 5.74) is 0.458. The van der Waals surface area contributed by atoms with Gasteiger partial charge in [0.15, 0.2) is 0 Å². The zero-order chi connectivity index (χ0) is 16.3. The molecule has 6 nitrogen and oxygen atoms in total. The molecule has 0 amide bonds. The fourth-order valence-corrected chi connectivity index (χ4v) is 4.17. The molecular weight excluding hydrogens is 350 g/mol. The zero-order valence-corrected chi connectivity index (χ0v) is 15.1. The minimum absolute atomic E-state index is 0. The van der Waals surface area contributed by atoms with E-state index in [-0.39, 0.29) is 22.8 Å². The van der Waals surface area contributed by atoms with E-state index in [4.69, 9.17) is 4.74 Å². The summed E-state index contributed by atoms with van der Waals surface area (Å²) in [6.45, 7) is 1.68. The Bertz CT molecular complexity index is 792. The first-order valence-corrected chi connectivity index (χ1v) is 9.11. The molecule has 0 spiro atoms. The van der Waals surface area contributed by atoms with E-state index in [1.165, 1.54) is 0 Å². The number of fused-ring (bicyclic) bond motifs is 1. The maximum absolute atomic E-state index is 12.6. The van der Waals surface area contributed by atoms with Gasteiger partial charge in [0.2, 0.25) is 10.0 Å². The second-order valence-electron chi connectivity index (χ2n) is 5.93. The first-order chi connectivity index (χ1) is 11.0. The summed E-state index contributed by atoms with van der Waals surface area (Å²) in [5, 5.41) is 4.17. The number of hydrogen-bond donors (Lipinski definition) is 2. The van der Waals surface area contributed by atoms with E-state index < -0.39 is 10.0 Å². The van der Waals surface area contributed by atoms with E-state index in [0.29, 0.717) is 13.2 Å². The quantitative estimate of drug-likeness (QED) is 0.807. The highest BCUT2D eigenvalue weighted by Crippen LogP contribution is 2.21. The Kier molecular flexibility index (Phi) is 6.17. The highest BCUT2D eigenvalue weighted by Gasteiger charge is 2.34. The van der Waals surface area contributed by atoms with Gasteiger partial charge in [0.25, 0.3) is 0 Å². The van der Waals surface area contributed by atoms with Crippen molar-refractivity contribution >= 4 is 33.3 Å². The molecule has 1 aliphatic heterocycles. The third-order valence-electron chi connectivity index (χ3n) is 4.24. The van der Waals surface area contributed by atoms with Gasteiger partial charge in [0.05, 0.1) is 22.6 Å². The lowest BCUT2D eigenvalue weighted by atomic mass is 9.99. The predicted octanol–water partition coefficient (Wildman–Crippen LogP) is 1.70. The largest absolute Gasteiger partial charge is 0.383 e. The molecule has 1 aromatic heterocycles. The van der Waals surface area contributed by atoms with Crippen molar-refractivity contribution in [2.24, 2.45) is 0 Å². The first-order valence-electron chi connectivity index (χ1n) is 7.63. The van der Waals surface area contributed by atoms with E-state index in [1.807, 2.05) is 6.07 Å². The molecule has 132 valence electrons. The maximum Gasteiger partial charge on any atom is 0.240 e. The van der Waals surface area contributed by atoms with E-state index in [0.717, 1.165) is 30.3 Å². The lowest BCUT2D eigenvalue weighted by Crippen LogP contribution is -2.52. The summed E-state index contributed by atoms with van der Waals surface area (Å²) in [7, 11) is -1.94. The van der Waals surface area contributed by atoms with Crippen LogP contribution in [0.2, 0.25) is 0 Å². The number of benzene rings is 1. The molecule has 2 aromatic rings. The minimum Gasteiger partial charge on any atom is -0.383 e. The molecule has 3 rings (SSSR count). The molecule has 1 saturated heterocycles. The van der Waals surface area contributed by atoms with Gasteiger partial charge in [-0.3, -0.25) is 4.98 Å². The Morgan fingerprint density at radius 1 is 1.38 bits per heavy atom. The second kappa shape index (κ2) is 7.76. The second-order valence-corrected chi connectivity index (χ2v) is 7.69. The molecule has 1 unspecified atom stereocenters. The average molecular weight is 372 g/mol. The van der Waals surface area contributed by atoms with Gasteiger partial charge in [-0.15, -0.1) is 12.4 Å². The molecule has 0 saturated carbocycles. The van der Waals surface area contributed by atoms with Crippen LogP contribution in [0.15, 0.2) is 41.4 Å². The minimum atomic E-state index is -3.57. The molecule has 0 radical (unpaired) electrons. The lowest BCUT2D eigenvalue weighted by molar-refractivity contribution is 0.122. The van der Waals surface area contributed by atoms with Crippen LogP contribution in [-0.4, -0.2) is 45.7 Å². The van der Waals surface area contributed by atoms with Gasteiger partial charge in [-0.1, -0.05) is 6.07 Å². The van der Waals surface area contributed by atoms with Gasteiger partial charge in [-0.2, -0.15) is 0 Å². The Balaban J connectivity index is 0.00000208. The van der Waals surface area contributed by atoms with Gasteiger partial charge in [0, 0.05) is 25.2 Å². The number of halogens is 1. The van der Waals surface area contributed by atoms with Crippen molar-refractivity contribution in [3.63, 3.8) is 0 Å². The standard InChI is InChI=1S/C16H21N3O3S.ClH/c1-22-12-16(7-3-9-18-16)11-19-23(20,21)14-5-6-15-13(10-14)4-2-8-17-15;/h2,4-6,8,10,18-19H,3,7,9,11-12H2,1H3;1H. The highest BCUT2D eigenvalue weighted by atomic mass is 35.5. The van der Waals surface area contributed by atoms with E-state index >= 15 is 0 Å². The fraction of sp³-hybridized carbons (Fsp3) is 0.438. The smallest absolute Gasteiger partial charge is 0.240 e. The molecule has 1 atom stereocenters. The Labute approximate surface area is 148 Å². The Morgan fingerprint density at radius 2 is 2.21 bits per heavy atom. The van der Waals surface area contributed by atoms with Crippen LogP contribution >= 0.6 is 12.4 Å². The zero-order valence-electron chi connectivity index (χ0n) is 13.5. The number of hydrogen-bond acceptors (Lipinski definition) is 5. The number of sulfonamides is 1. The van der Waals surface area contributed by atoms with Gasteiger partial charge in [-0.05, 0) is 43.7 Å². The maximum atomic E-state index is 12.6. The SMILES string of the molecule is COCC1(CNS(=O)(=O)c2ccc3ncccc3c2)CCCN1.Cl. The van der Waals surface area contributed by atoms with Crippen molar-refractivity contribution in [3.05, 3.63) is 36.5 Å². The number of aromatic nitrogens is 1. The van der Waals surface area contributed by atoms with E-state index in [9.17, 15) is 8.42 Å². The van der Waals surface area contributed by atoms with Crippen LogP contribution in [0.5, 0.6) is 0 Å². The molecule has 1 aliphatic rings. The van der Waals surface area contributed by atoms with Crippen molar-refractivity contribution in [1.82, 2.24) is 15.0 Å². The molecule has 2 heterocycles. The molecule has 0 bridgehead atoms. The monoisotopic (exact) mass is 371 g/mol.